The predicted octanol–water partition coefficient (Wildman–Crippen LogP) is 4.22. The summed E-state index contributed by atoms with van der Waals surface area (Å²) in [6, 6.07) is 16.2. The van der Waals surface area contributed by atoms with Crippen LogP contribution in [0, 0.1) is 0 Å². The van der Waals surface area contributed by atoms with E-state index in [0.717, 1.165) is 22.3 Å². The first-order chi connectivity index (χ1) is 8.63. The molecule has 0 aliphatic rings. The van der Waals surface area contributed by atoms with Crippen LogP contribution in [0.1, 0.15) is 11.1 Å². The highest BCUT2D eigenvalue weighted by Gasteiger charge is 2.06. The second kappa shape index (κ2) is 6.37. The van der Waals surface area contributed by atoms with Crippen molar-refractivity contribution in [2.24, 2.45) is 5.73 Å². The van der Waals surface area contributed by atoms with Crippen molar-refractivity contribution in [3.8, 4) is 0 Å². The molecule has 94 valence electrons. The summed E-state index contributed by atoms with van der Waals surface area (Å²) < 4.78 is 1.09. The van der Waals surface area contributed by atoms with Gasteiger partial charge in [-0.3, -0.25) is 0 Å². The third-order valence-corrected chi connectivity index (χ3v) is 3.50. The number of benzene rings is 2. The van der Waals surface area contributed by atoms with E-state index in [4.69, 9.17) is 17.3 Å². The molecule has 0 bridgehead atoms. The van der Waals surface area contributed by atoms with Crippen molar-refractivity contribution >= 4 is 27.5 Å². The van der Waals surface area contributed by atoms with Crippen LogP contribution < -0.4 is 5.73 Å². The van der Waals surface area contributed by atoms with Crippen LogP contribution in [0.15, 0.2) is 53.0 Å². The fourth-order valence-electron chi connectivity index (χ4n) is 2.01. The minimum absolute atomic E-state index is 0.109. The molecule has 0 saturated heterocycles. The van der Waals surface area contributed by atoms with Crippen molar-refractivity contribution in [2.45, 2.75) is 18.9 Å². The SMILES string of the molecule is NC(Cc1cccc(Cl)c1)Cc1cccc(Br)c1. The van der Waals surface area contributed by atoms with Crippen molar-refractivity contribution in [1.29, 1.82) is 0 Å². The van der Waals surface area contributed by atoms with Gasteiger partial charge in [-0.15, -0.1) is 0 Å². The van der Waals surface area contributed by atoms with Gasteiger partial charge < -0.3 is 5.73 Å². The van der Waals surface area contributed by atoms with Crippen molar-refractivity contribution in [3.63, 3.8) is 0 Å². The third kappa shape index (κ3) is 4.13. The molecule has 2 aromatic carbocycles. The van der Waals surface area contributed by atoms with Gasteiger partial charge in [-0.25, -0.2) is 0 Å². The minimum Gasteiger partial charge on any atom is -0.327 e. The summed E-state index contributed by atoms with van der Waals surface area (Å²) in [6.45, 7) is 0. The number of rotatable bonds is 4. The number of hydrogen-bond acceptors (Lipinski definition) is 1. The molecule has 2 N–H and O–H groups in total. The Balaban J connectivity index is 1.98. The van der Waals surface area contributed by atoms with Gasteiger partial charge in [0.2, 0.25) is 0 Å². The fourth-order valence-corrected chi connectivity index (χ4v) is 2.67. The highest BCUT2D eigenvalue weighted by molar-refractivity contribution is 9.10. The van der Waals surface area contributed by atoms with Crippen LogP contribution >= 0.6 is 27.5 Å². The molecule has 0 aromatic heterocycles. The third-order valence-electron chi connectivity index (χ3n) is 2.77. The van der Waals surface area contributed by atoms with Gasteiger partial charge in [0.05, 0.1) is 0 Å². The maximum Gasteiger partial charge on any atom is 0.0408 e. The molecule has 0 heterocycles. The normalized spacial score (nSPS) is 12.4. The van der Waals surface area contributed by atoms with Gasteiger partial charge in [0.25, 0.3) is 0 Å². The van der Waals surface area contributed by atoms with E-state index in [1.54, 1.807) is 0 Å². The molecule has 1 atom stereocenters. The van der Waals surface area contributed by atoms with E-state index in [9.17, 15) is 0 Å². The summed E-state index contributed by atoms with van der Waals surface area (Å²) in [5.41, 5.74) is 8.61. The largest absolute Gasteiger partial charge is 0.327 e. The maximum absolute atomic E-state index is 6.18. The first-order valence-corrected chi connectivity index (χ1v) is 7.05. The van der Waals surface area contributed by atoms with Gasteiger partial charge >= 0.3 is 0 Å². The quantitative estimate of drug-likeness (QED) is 0.895. The zero-order valence-electron chi connectivity index (χ0n) is 9.94. The smallest absolute Gasteiger partial charge is 0.0408 e. The molecular weight excluding hydrogens is 310 g/mol. The summed E-state index contributed by atoms with van der Waals surface area (Å²) in [5, 5.41) is 0.766. The van der Waals surface area contributed by atoms with Gasteiger partial charge in [0, 0.05) is 15.5 Å². The van der Waals surface area contributed by atoms with Gasteiger partial charge in [0.1, 0.15) is 0 Å². The minimum atomic E-state index is 0.109. The zero-order chi connectivity index (χ0) is 13.0. The van der Waals surface area contributed by atoms with Crippen LogP contribution in [-0.2, 0) is 12.8 Å². The molecule has 2 aromatic rings. The lowest BCUT2D eigenvalue weighted by molar-refractivity contribution is 0.665. The topological polar surface area (TPSA) is 26.0 Å². The van der Waals surface area contributed by atoms with E-state index in [2.05, 4.69) is 34.1 Å². The molecule has 0 aliphatic carbocycles. The highest BCUT2D eigenvalue weighted by Crippen LogP contribution is 2.15. The Kier molecular flexibility index (Phi) is 4.81. The molecule has 1 unspecified atom stereocenters. The summed E-state index contributed by atoms with van der Waals surface area (Å²) in [5.74, 6) is 0. The molecule has 0 aliphatic heterocycles. The average Bonchev–Trinajstić information content (AvgIpc) is 2.28. The van der Waals surface area contributed by atoms with Crippen LogP contribution in [0.4, 0.5) is 0 Å². The van der Waals surface area contributed by atoms with Gasteiger partial charge in [0.15, 0.2) is 0 Å². The highest BCUT2D eigenvalue weighted by atomic mass is 79.9. The second-order valence-electron chi connectivity index (χ2n) is 4.43. The fraction of sp³-hybridized carbons (Fsp3) is 0.200. The summed E-state index contributed by atoms with van der Waals surface area (Å²) in [4.78, 5) is 0. The van der Waals surface area contributed by atoms with Crippen molar-refractivity contribution < 1.29 is 0 Å². The van der Waals surface area contributed by atoms with Crippen molar-refractivity contribution in [2.75, 3.05) is 0 Å². The zero-order valence-corrected chi connectivity index (χ0v) is 12.3. The molecule has 18 heavy (non-hydrogen) atoms. The Morgan fingerprint density at radius 2 is 1.61 bits per heavy atom. The average molecular weight is 325 g/mol. The molecule has 2 rings (SSSR count). The summed E-state index contributed by atoms with van der Waals surface area (Å²) in [7, 11) is 0. The Bertz CT molecular complexity index is 480. The van der Waals surface area contributed by atoms with E-state index in [1.807, 2.05) is 30.3 Å². The summed E-state index contributed by atoms with van der Waals surface area (Å²) in [6.07, 6.45) is 1.71. The first-order valence-electron chi connectivity index (χ1n) is 5.88. The van der Waals surface area contributed by atoms with E-state index in [1.165, 1.54) is 11.1 Å². The molecular formula is C15H15BrClN. The number of halogens is 2. The van der Waals surface area contributed by atoms with Crippen LogP contribution in [0.5, 0.6) is 0 Å². The number of nitrogens with two attached hydrogens (primary N) is 1. The van der Waals surface area contributed by atoms with Gasteiger partial charge in [-0.05, 0) is 48.2 Å². The van der Waals surface area contributed by atoms with Crippen molar-refractivity contribution in [1.82, 2.24) is 0 Å². The lowest BCUT2D eigenvalue weighted by atomic mass is 10.00. The van der Waals surface area contributed by atoms with Gasteiger partial charge in [-0.1, -0.05) is 51.8 Å². The Labute approximate surface area is 121 Å². The van der Waals surface area contributed by atoms with E-state index in [-0.39, 0.29) is 6.04 Å². The van der Waals surface area contributed by atoms with Crippen LogP contribution in [0.3, 0.4) is 0 Å². The monoisotopic (exact) mass is 323 g/mol. The molecule has 3 heteroatoms. The molecule has 1 nitrogen and oxygen atoms in total. The lowest BCUT2D eigenvalue weighted by Gasteiger charge is -2.12. The maximum atomic E-state index is 6.18. The molecule has 0 fully saturated rings. The van der Waals surface area contributed by atoms with E-state index >= 15 is 0 Å². The van der Waals surface area contributed by atoms with Gasteiger partial charge in [-0.2, -0.15) is 0 Å². The summed E-state index contributed by atoms with van der Waals surface area (Å²) >= 11 is 9.43. The van der Waals surface area contributed by atoms with Crippen LogP contribution in [-0.4, -0.2) is 6.04 Å². The Morgan fingerprint density at radius 1 is 1.00 bits per heavy atom. The Morgan fingerprint density at radius 3 is 2.22 bits per heavy atom. The van der Waals surface area contributed by atoms with Crippen LogP contribution in [0.25, 0.3) is 0 Å². The molecule has 0 amide bonds. The van der Waals surface area contributed by atoms with Crippen LogP contribution in [0.2, 0.25) is 5.02 Å². The molecule has 0 radical (unpaired) electrons. The predicted molar refractivity (Wildman–Crippen MR) is 81.0 cm³/mol. The standard InChI is InChI=1S/C15H15BrClN/c16-13-5-1-3-11(7-13)9-15(18)10-12-4-2-6-14(17)8-12/h1-8,15H,9-10,18H2. The van der Waals surface area contributed by atoms with E-state index in [0.29, 0.717) is 0 Å². The lowest BCUT2D eigenvalue weighted by Crippen LogP contribution is -2.25. The van der Waals surface area contributed by atoms with E-state index < -0.39 is 0 Å². The second-order valence-corrected chi connectivity index (χ2v) is 5.78. The number of hydrogen-bond donors (Lipinski definition) is 1. The molecule has 0 saturated carbocycles. The Hall–Kier alpha value is -0.830. The van der Waals surface area contributed by atoms with Crippen molar-refractivity contribution in [3.05, 3.63) is 69.2 Å². The molecule has 0 spiro atoms. The first kappa shape index (κ1) is 13.6.